The van der Waals surface area contributed by atoms with Gasteiger partial charge in [-0.3, -0.25) is 14.9 Å². The number of nitrogens with zero attached hydrogens (tertiary/aromatic N) is 6. The molecule has 0 bridgehead atoms. The van der Waals surface area contributed by atoms with Gasteiger partial charge >= 0.3 is 12.2 Å². The zero-order valence-electron chi connectivity index (χ0n) is 36.9. The van der Waals surface area contributed by atoms with Gasteiger partial charge in [0, 0.05) is 43.3 Å². The lowest BCUT2D eigenvalue weighted by molar-refractivity contribution is -0.128. The van der Waals surface area contributed by atoms with Crippen molar-refractivity contribution in [2.24, 2.45) is 5.41 Å². The molecule has 4 aromatic rings. The van der Waals surface area contributed by atoms with Gasteiger partial charge in [0.15, 0.2) is 0 Å². The van der Waals surface area contributed by atoms with Crippen LogP contribution in [0.25, 0.3) is 11.0 Å². The number of nitrogens with one attached hydrogen (secondary N) is 1. The summed E-state index contributed by atoms with van der Waals surface area (Å²) in [7, 11) is 1.57. The Labute approximate surface area is 364 Å². The summed E-state index contributed by atoms with van der Waals surface area (Å²) in [4.78, 5) is 64.0. The van der Waals surface area contributed by atoms with Crippen LogP contribution in [0.1, 0.15) is 103 Å². The third-order valence-corrected chi connectivity index (χ3v) is 11.3. The quantitative estimate of drug-likeness (QED) is 0.116. The third kappa shape index (κ3) is 11.7. The average Bonchev–Trinajstić information content (AvgIpc) is 3.56. The van der Waals surface area contributed by atoms with E-state index in [1.165, 1.54) is 11.0 Å². The lowest BCUT2D eigenvalue weighted by Gasteiger charge is -2.37. The van der Waals surface area contributed by atoms with Crippen molar-refractivity contribution < 1.29 is 28.7 Å². The number of likely N-dealkylation sites (tertiary alicyclic amines) is 1. The average molecular weight is 852 g/mol. The molecule has 3 aromatic carbocycles. The Balaban J connectivity index is 1.47. The Morgan fingerprint density at radius 1 is 0.967 bits per heavy atom. The first-order valence-electron chi connectivity index (χ1n) is 20.5. The van der Waals surface area contributed by atoms with Crippen molar-refractivity contribution >= 4 is 52.6 Å². The lowest BCUT2D eigenvalue weighted by Crippen LogP contribution is -2.47. The van der Waals surface area contributed by atoms with Gasteiger partial charge in [-0.25, -0.2) is 14.6 Å². The highest BCUT2D eigenvalue weighted by atomic mass is 35.5. The number of fused-ring (bicyclic) bond motifs is 1. The first-order valence-corrected chi connectivity index (χ1v) is 20.9. The summed E-state index contributed by atoms with van der Waals surface area (Å²) >= 11 is 6.12. The van der Waals surface area contributed by atoms with Gasteiger partial charge in [-0.1, -0.05) is 68.8 Å². The van der Waals surface area contributed by atoms with Crippen molar-refractivity contribution in [1.29, 1.82) is 5.26 Å². The van der Waals surface area contributed by atoms with Crippen LogP contribution >= 0.6 is 11.6 Å². The molecule has 5 rings (SSSR count). The summed E-state index contributed by atoms with van der Waals surface area (Å²) in [5.41, 5.74) is 1.25. The van der Waals surface area contributed by atoms with Crippen LogP contribution in [0, 0.1) is 16.7 Å². The Bertz CT molecular complexity index is 2300. The molecule has 1 aromatic heterocycles. The maximum absolute atomic E-state index is 14.1. The predicted molar refractivity (Wildman–Crippen MR) is 237 cm³/mol. The number of rotatable bonds is 11. The summed E-state index contributed by atoms with van der Waals surface area (Å²) in [6.45, 7) is 18.0. The number of carbonyl (C=O) groups is 4. The van der Waals surface area contributed by atoms with Crippen molar-refractivity contribution in [2.45, 2.75) is 112 Å². The van der Waals surface area contributed by atoms with Crippen LogP contribution in [0.2, 0.25) is 5.02 Å². The number of anilines is 1. The van der Waals surface area contributed by atoms with E-state index in [2.05, 4.69) is 32.2 Å². The molecular weight excluding hydrogens is 794 g/mol. The fourth-order valence-electron chi connectivity index (χ4n) is 6.98. The molecule has 1 aliphatic rings. The molecule has 2 atom stereocenters. The molecule has 0 saturated carbocycles. The molecule has 0 aliphatic carbocycles. The maximum Gasteiger partial charge on any atom is 0.410 e. The molecule has 2 heterocycles. The van der Waals surface area contributed by atoms with Gasteiger partial charge < -0.3 is 28.7 Å². The number of halogens is 1. The zero-order chi connectivity index (χ0) is 44.9. The van der Waals surface area contributed by atoms with Crippen LogP contribution in [0.3, 0.4) is 0 Å². The van der Waals surface area contributed by atoms with E-state index in [9.17, 15) is 24.4 Å². The molecule has 14 heteroatoms. The molecule has 1 aliphatic heterocycles. The van der Waals surface area contributed by atoms with E-state index < -0.39 is 35.1 Å². The van der Waals surface area contributed by atoms with Gasteiger partial charge in [-0.2, -0.15) is 5.26 Å². The number of ether oxygens (including phenoxy) is 2. The van der Waals surface area contributed by atoms with Gasteiger partial charge in [-0.15, -0.1) is 0 Å². The van der Waals surface area contributed by atoms with E-state index in [-0.39, 0.29) is 48.7 Å². The molecule has 324 valence electrons. The number of benzene rings is 3. The monoisotopic (exact) mass is 851 g/mol. The first-order chi connectivity index (χ1) is 28.6. The van der Waals surface area contributed by atoms with Crippen molar-refractivity contribution in [3.8, 4) is 6.07 Å². The van der Waals surface area contributed by atoms with Gasteiger partial charge in [-0.05, 0) is 113 Å². The van der Waals surface area contributed by atoms with E-state index >= 15 is 0 Å². The van der Waals surface area contributed by atoms with Crippen LogP contribution in [-0.4, -0.2) is 85.6 Å². The second-order valence-corrected chi connectivity index (χ2v) is 18.6. The summed E-state index contributed by atoms with van der Waals surface area (Å²) in [5.74, 6) is -0.581. The van der Waals surface area contributed by atoms with E-state index in [0.29, 0.717) is 41.0 Å². The molecule has 1 unspecified atom stereocenters. The largest absolute Gasteiger partial charge is 0.445 e. The summed E-state index contributed by atoms with van der Waals surface area (Å²) in [6.07, 6.45) is 1.74. The standard InChI is InChI=1S/C47H58ClN7O6/c1-31(45(2,3)4)54(44(59)60-30-32-15-12-11-13-16-32)28-33-18-23-39-38(25-33)50-42(51-40(56)34-19-21-36(48)22-20-34)55(39)37-17-14-24-53(29-37)41(57)35(27-49)26-47(8,9)52(10)43(58)61-46(5,6)7/h11-13,15-16,18-23,25-26,31,37H,14,17,24,28-30H2,1-10H3,(H,50,51,56)/b35-26+/t31-,37?/m0/s1. The van der Waals surface area contributed by atoms with Crippen molar-refractivity contribution in [2.75, 3.05) is 25.5 Å². The maximum atomic E-state index is 14.1. The number of hydrogen-bond acceptors (Lipinski definition) is 8. The van der Waals surface area contributed by atoms with Crippen LogP contribution in [-0.2, 0) is 27.4 Å². The normalized spacial score (nSPS) is 15.4. The number of likely N-dealkylation sites (N-methyl/N-ethyl adjacent to an activating group) is 1. The van der Waals surface area contributed by atoms with E-state index in [1.807, 2.05) is 60.0 Å². The molecule has 0 spiro atoms. The number of piperidine rings is 1. The molecule has 1 fully saturated rings. The smallest absolute Gasteiger partial charge is 0.410 e. The molecule has 1 saturated heterocycles. The fourth-order valence-corrected chi connectivity index (χ4v) is 7.11. The van der Waals surface area contributed by atoms with Crippen LogP contribution in [0.15, 0.2) is 84.4 Å². The van der Waals surface area contributed by atoms with Crippen molar-refractivity contribution in [3.63, 3.8) is 0 Å². The lowest BCUT2D eigenvalue weighted by atomic mass is 9.87. The molecule has 1 N–H and O–H groups in total. The summed E-state index contributed by atoms with van der Waals surface area (Å²) in [6, 6.07) is 23.4. The number of carbonyl (C=O) groups excluding carboxylic acids is 4. The Hall–Kier alpha value is -5.87. The highest BCUT2D eigenvalue weighted by molar-refractivity contribution is 6.30. The third-order valence-electron chi connectivity index (χ3n) is 11.0. The SMILES string of the molecule is C[C@H](N(Cc1ccc2c(c1)nc(NC(=O)c1ccc(Cl)cc1)n2C1CCCN(C(=O)/C(C#N)=C/C(C)(C)N(C)C(=O)OC(C)(C)C)C1)C(=O)OCc1ccccc1)C(C)(C)C. The highest BCUT2D eigenvalue weighted by Gasteiger charge is 2.35. The minimum absolute atomic E-state index is 0.103. The zero-order valence-corrected chi connectivity index (χ0v) is 37.7. The second-order valence-electron chi connectivity index (χ2n) is 18.2. The summed E-state index contributed by atoms with van der Waals surface area (Å²) in [5, 5.41) is 13.7. The van der Waals surface area contributed by atoms with E-state index in [4.69, 9.17) is 26.1 Å². The van der Waals surface area contributed by atoms with Crippen LogP contribution in [0.5, 0.6) is 0 Å². The second kappa shape index (κ2) is 18.8. The Morgan fingerprint density at radius 3 is 2.26 bits per heavy atom. The minimum Gasteiger partial charge on any atom is -0.445 e. The molecule has 4 amide bonds. The number of nitriles is 1. The molecule has 61 heavy (non-hydrogen) atoms. The number of imidazole rings is 1. The molecule has 0 radical (unpaired) electrons. The fraction of sp³-hybridized carbons (Fsp3) is 0.447. The van der Waals surface area contributed by atoms with E-state index in [1.54, 1.807) is 75.7 Å². The topological polar surface area (TPSA) is 150 Å². The number of amides is 4. The number of hydrogen-bond donors (Lipinski definition) is 1. The van der Waals surface area contributed by atoms with Crippen LogP contribution < -0.4 is 5.32 Å². The Morgan fingerprint density at radius 2 is 1.64 bits per heavy atom. The van der Waals surface area contributed by atoms with Gasteiger partial charge in [0.2, 0.25) is 5.95 Å². The minimum atomic E-state index is -1.03. The first kappa shape index (κ1) is 46.2. The summed E-state index contributed by atoms with van der Waals surface area (Å²) < 4.78 is 13.3. The van der Waals surface area contributed by atoms with Crippen molar-refractivity contribution in [1.82, 2.24) is 24.3 Å². The van der Waals surface area contributed by atoms with E-state index in [0.717, 1.165) is 11.1 Å². The van der Waals surface area contributed by atoms with Crippen LogP contribution in [0.4, 0.5) is 15.5 Å². The predicted octanol–water partition coefficient (Wildman–Crippen LogP) is 9.77. The molecule has 13 nitrogen and oxygen atoms in total. The van der Waals surface area contributed by atoms with Crippen molar-refractivity contribution in [3.05, 3.63) is 106 Å². The van der Waals surface area contributed by atoms with Gasteiger partial charge in [0.25, 0.3) is 11.8 Å². The number of aromatic nitrogens is 2. The van der Waals surface area contributed by atoms with Gasteiger partial charge in [0.05, 0.1) is 22.6 Å². The Kier molecular flexibility index (Phi) is 14.2. The van der Waals surface area contributed by atoms with Gasteiger partial charge in [0.1, 0.15) is 23.9 Å². The molecular formula is C47H58ClN7O6. The highest BCUT2D eigenvalue weighted by Crippen LogP contribution is 2.33.